The van der Waals surface area contributed by atoms with E-state index in [0.717, 1.165) is 10.9 Å². The molecule has 2 N–H and O–H groups in total. The Morgan fingerprint density at radius 1 is 0.875 bits per heavy atom. The molecule has 1 aromatic heterocycles. The lowest BCUT2D eigenvalue weighted by atomic mass is 10.1. The number of carbonyl (C=O) groups excluding carboxylic acids is 2. The summed E-state index contributed by atoms with van der Waals surface area (Å²) < 4.78 is 1.93. The number of benzene rings is 2. The third-order valence-electron chi connectivity index (χ3n) is 3.87. The number of hydrogen-bond donors (Lipinski definition) is 2. The molecule has 3 rings (SSSR count). The summed E-state index contributed by atoms with van der Waals surface area (Å²) in [5, 5.41) is 6.56. The molecule has 3 aromatic rings. The van der Waals surface area contributed by atoms with E-state index in [1.165, 1.54) is 0 Å². The Labute approximate surface area is 140 Å². The standard InChI is InChI=1S/C19H19N3O2/c1-22-13-16(15-9-5-6-10-17(15)22)19(24)21-12-11-20-18(23)14-7-3-2-4-8-14/h2-10,13H,11-12H2,1H3,(H,20,23)(H,21,24). The summed E-state index contributed by atoms with van der Waals surface area (Å²) in [7, 11) is 1.92. The fourth-order valence-electron chi connectivity index (χ4n) is 2.66. The van der Waals surface area contributed by atoms with E-state index in [4.69, 9.17) is 0 Å². The van der Waals surface area contributed by atoms with Crippen molar-refractivity contribution in [3.05, 3.63) is 71.9 Å². The second-order valence-electron chi connectivity index (χ2n) is 5.55. The molecule has 0 aliphatic rings. The van der Waals surface area contributed by atoms with E-state index in [1.54, 1.807) is 12.1 Å². The van der Waals surface area contributed by atoms with Gasteiger partial charge in [0, 0.05) is 42.8 Å². The third-order valence-corrected chi connectivity index (χ3v) is 3.87. The van der Waals surface area contributed by atoms with Crippen LogP contribution < -0.4 is 10.6 Å². The Morgan fingerprint density at radius 3 is 2.25 bits per heavy atom. The van der Waals surface area contributed by atoms with Gasteiger partial charge in [0.05, 0.1) is 5.56 Å². The van der Waals surface area contributed by atoms with Gasteiger partial charge in [0.2, 0.25) is 0 Å². The topological polar surface area (TPSA) is 63.1 Å². The lowest BCUT2D eigenvalue weighted by Crippen LogP contribution is -2.34. The van der Waals surface area contributed by atoms with Gasteiger partial charge in [0.15, 0.2) is 0 Å². The van der Waals surface area contributed by atoms with E-state index < -0.39 is 0 Å². The number of carbonyl (C=O) groups is 2. The van der Waals surface area contributed by atoms with Crippen LogP contribution in [0.3, 0.4) is 0 Å². The highest BCUT2D eigenvalue weighted by molar-refractivity contribution is 6.07. The van der Waals surface area contributed by atoms with Gasteiger partial charge in [-0.25, -0.2) is 0 Å². The van der Waals surface area contributed by atoms with Crippen molar-refractivity contribution in [3.8, 4) is 0 Å². The number of para-hydroxylation sites is 1. The lowest BCUT2D eigenvalue weighted by Gasteiger charge is -2.07. The number of amides is 2. The molecule has 0 radical (unpaired) electrons. The van der Waals surface area contributed by atoms with Crippen molar-refractivity contribution in [2.24, 2.45) is 7.05 Å². The SMILES string of the molecule is Cn1cc(C(=O)NCCNC(=O)c2ccccc2)c2ccccc21. The molecule has 24 heavy (non-hydrogen) atoms. The number of fused-ring (bicyclic) bond motifs is 1. The van der Waals surface area contributed by atoms with Crippen molar-refractivity contribution < 1.29 is 9.59 Å². The van der Waals surface area contributed by atoms with E-state index in [1.807, 2.05) is 60.3 Å². The minimum absolute atomic E-state index is 0.138. The maximum atomic E-state index is 12.3. The van der Waals surface area contributed by atoms with E-state index in [0.29, 0.717) is 24.2 Å². The van der Waals surface area contributed by atoms with Crippen molar-refractivity contribution in [1.82, 2.24) is 15.2 Å². The molecule has 0 saturated heterocycles. The third kappa shape index (κ3) is 3.30. The van der Waals surface area contributed by atoms with Crippen LogP contribution in [0.25, 0.3) is 10.9 Å². The summed E-state index contributed by atoms with van der Waals surface area (Å²) in [5.41, 5.74) is 2.26. The highest BCUT2D eigenvalue weighted by Crippen LogP contribution is 2.19. The van der Waals surface area contributed by atoms with Crippen LogP contribution in [0, 0.1) is 0 Å². The molecular formula is C19H19N3O2. The van der Waals surface area contributed by atoms with E-state index >= 15 is 0 Å². The van der Waals surface area contributed by atoms with Crippen LogP contribution in [0.1, 0.15) is 20.7 Å². The summed E-state index contributed by atoms with van der Waals surface area (Å²) in [6.07, 6.45) is 1.82. The van der Waals surface area contributed by atoms with Crippen molar-refractivity contribution in [2.45, 2.75) is 0 Å². The quantitative estimate of drug-likeness (QED) is 0.709. The second-order valence-corrected chi connectivity index (χ2v) is 5.55. The maximum absolute atomic E-state index is 12.3. The summed E-state index contributed by atoms with van der Waals surface area (Å²) in [5.74, 6) is -0.282. The van der Waals surface area contributed by atoms with E-state index in [-0.39, 0.29) is 11.8 Å². The highest BCUT2D eigenvalue weighted by atomic mass is 16.2. The molecule has 1 heterocycles. The predicted octanol–water partition coefficient (Wildman–Crippen LogP) is 2.34. The Balaban J connectivity index is 1.55. The maximum Gasteiger partial charge on any atom is 0.253 e. The Morgan fingerprint density at radius 2 is 1.50 bits per heavy atom. The van der Waals surface area contributed by atoms with E-state index in [9.17, 15) is 9.59 Å². The first kappa shape index (κ1) is 15.8. The van der Waals surface area contributed by atoms with Gasteiger partial charge in [-0.3, -0.25) is 9.59 Å². The number of rotatable bonds is 5. The largest absolute Gasteiger partial charge is 0.350 e. The molecule has 0 saturated carbocycles. The number of nitrogens with one attached hydrogen (secondary N) is 2. The molecule has 122 valence electrons. The monoisotopic (exact) mass is 321 g/mol. The van der Waals surface area contributed by atoms with Crippen LogP contribution in [-0.4, -0.2) is 29.5 Å². The Kier molecular flexibility index (Phi) is 4.61. The van der Waals surface area contributed by atoms with Gasteiger partial charge < -0.3 is 15.2 Å². The fourth-order valence-corrected chi connectivity index (χ4v) is 2.66. The molecule has 5 nitrogen and oxygen atoms in total. The molecule has 2 amide bonds. The molecule has 2 aromatic carbocycles. The first-order valence-corrected chi connectivity index (χ1v) is 7.82. The molecule has 0 atom stereocenters. The molecule has 0 aliphatic carbocycles. The average Bonchev–Trinajstić information content (AvgIpc) is 2.96. The molecule has 0 unspecified atom stereocenters. The Bertz CT molecular complexity index is 869. The summed E-state index contributed by atoms with van der Waals surface area (Å²) >= 11 is 0. The molecule has 5 heteroatoms. The van der Waals surface area contributed by atoms with Crippen molar-refractivity contribution in [3.63, 3.8) is 0 Å². The molecule has 0 spiro atoms. The zero-order valence-corrected chi connectivity index (χ0v) is 13.5. The van der Waals surface area contributed by atoms with Crippen molar-refractivity contribution in [2.75, 3.05) is 13.1 Å². The van der Waals surface area contributed by atoms with E-state index in [2.05, 4.69) is 10.6 Å². The minimum Gasteiger partial charge on any atom is -0.350 e. The number of aromatic nitrogens is 1. The van der Waals surface area contributed by atoms with Crippen molar-refractivity contribution >= 4 is 22.7 Å². The summed E-state index contributed by atoms with van der Waals surface area (Å²) in [6, 6.07) is 16.8. The van der Waals surface area contributed by atoms with Gasteiger partial charge in [-0.2, -0.15) is 0 Å². The van der Waals surface area contributed by atoms with Gasteiger partial charge in [0.25, 0.3) is 11.8 Å². The fraction of sp³-hybridized carbons (Fsp3) is 0.158. The van der Waals surface area contributed by atoms with Crippen LogP contribution in [0.5, 0.6) is 0 Å². The lowest BCUT2D eigenvalue weighted by molar-refractivity contribution is 0.0928. The predicted molar refractivity (Wildman–Crippen MR) is 94.0 cm³/mol. The number of nitrogens with zero attached hydrogens (tertiary/aromatic N) is 1. The molecule has 0 aliphatic heterocycles. The zero-order valence-electron chi connectivity index (χ0n) is 13.5. The average molecular weight is 321 g/mol. The van der Waals surface area contributed by atoms with Crippen LogP contribution in [0.4, 0.5) is 0 Å². The van der Waals surface area contributed by atoms with Crippen LogP contribution in [-0.2, 0) is 7.05 Å². The molecule has 0 bridgehead atoms. The summed E-state index contributed by atoms with van der Waals surface area (Å²) in [4.78, 5) is 24.3. The normalized spacial score (nSPS) is 10.5. The van der Waals surface area contributed by atoms with Gasteiger partial charge in [-0.1, -0.05) is 36.4 Å². The highest BCUT2D eigenvalue weighted by Gasteiger charge is 2.13. The zero-order chi connectivity index (χ0) is 16.9. The molecular weight excluding hydrogens is 302 g/mol. The van der Waals surface area contributed by atoms with Gasteiger partial charge >= 0.3 is 0 Å². The number of hydrogen-bond acceptors (Lipinski definition) is 2. The van der Waals surface area contributed by atoms with Crippen LogP contribution in [0.15, 0.2) is 60.8 Å². The first-order chi connectivity index (χ1) is 11.7. The van der Waals surface area contributed by atoms with Crippen molar-refractivity contribution in [1.29, 1.82) is 0 Å². The Hall–Kier alpha value is -3.08. The summed E-state index contributed by atoms with van der Waals surface area (Å²) in [6.45, 7) is 0.755. The smallest absolute Gasteiger partial charge is 0.253 e. The van der Waals surface area contributed by atoms with Crippen LogP contribution in [0.2, 0.25) is 0 Å². The minimum atomic E-state index is -0.144. The van der Waals surface area contributed by atoms with Gasteiger partial charge in [-0.15, -0.1) is 0 Å². The van der Waals surface area contributed by atoms with Gasteiger partial charge in [-0.05, 0) is 18.2 Å². The second kappa shape index (κ2) is 7.00. The number of aryl methyl sites for hydroxylation is 1. The molecule has 0 fully saturated rings. The van der Waals surface area contributed by atoms with Gasteiger partial charge in [0.1, 0.15) is 0 Å². The first-order valence-electron chi connectivity index (χ1n) is 7.82. The van der Waals surface area contributed by atoms with Crippen LogP contribution >= 0.6 is 0 Å².